The molecule has 1 atom stereocenters. The highest BCUT2D eigenvalue weighted by atomic mass is 35.5. The van der Waals surface area contributed by atoms with Crippen molar-refractivity contribution in [3.8, 4) is 5.75 Å². The maximum Gasteiger partial charge on any atom is 0.387 e. The van der Waals surface area contributed by atoms with Crippen LogP contribution in [0.5, 0.6) is 5.75 Å². The fourth-order valence-electron chi connectivity index (χ4n) is 2.06. The standard InChI is InChI=1S/C16H24ClF2N3O3S/c1-4-20-16(22-11(2)7-8-26(3,23)24)21-10-12-9-13(17)5-6-14(12)25-15(18)19/h5-6,9,11,15H,4,7-8,10H2,1-3H3,(H2,20,21,22). The lowest BCUT2D eigenvalue weighted by molar-refractivity contribution is -0.0504. The Morgan fingerprint density at radius 1 is 1.38 bits per heavy atom. The van der Waals surface area contributed by atoms with Crippen molar-refractivity contribution in [3.63, 3.8) is 0 Å². The first-order valence-corrected chi connectivity index (χ1v) is 10.5. The van der Waals surface area contributed by atoms with E-state index in [0.717, 1.165) is 0 Å². The second-order valence-electron chi connectivity index (χ2n) is 5.79. The number of hydrogen-bond donors (Lipinski definition) is 2. The molecule has 0 fully saturated rings. The zero-order valence-electron chi connectivity index (χ0n) is 14.9. The molecule has 0 saturated heterocycles. The largest absolute Gasteiger partial charge is 0.434 e. The molecule has 1 rings (SSSR count). The predicted octanol–water partition coefficient (Wildman–Crippen LogP) is 2.82. The summed E-state index contributed by atoms with van der Waals surface area (Å²) in [5.74, 6) is 0.506. The van der Waals surface area contributed by atoms with E-state index in [9.17, 15) is 17.2 Å². The molecule has 10 heteroatoms. The molecule has 1 unspecified atom stereocenters. The van der Waals surface area contributed by atoms with Crippen LogP contribution in [-0.2, 0) is 16.4 Å². The van der Waals surface area contributed by atoms with Gasteiger partial charge in [0, 0.05) is 29.4 Å². The zero-order chi connectivity index (χ0) is 19.7. The van der Waals surface area contributed by atoms with Gasteiger partial charge < -0.3 is 15.4 Å². The van der Waals surface area contributed by atoms with Crippen molar-refractivity contribution < 1.29 is 21.9 Å². The van der Waals surface area contributed by atoms with Crippen molar-refractivity contribution in [1.29, 1.82) is 0 Å². The predicted molar refractivity (Wildman–Crippen MR) is 99.8 cm³/mol. The van der Waals surface area contributed by atoms with E-state index >= 15 is 0 Å². The average Bonchev–Trinajstić information content (AvgIpc) is 2.52. The minimum Gasteiger partial charge on any atom is -0.434 e. The molecule has 1 aromatic carbocycles. The Morgan fingerprint density at radius 2 is 2.08 bits per heavy atom. The number of hydrogen-bond acceptors (Lipinski definition) is 4. The van der Waals surface area contributed by atoms with E-state index in [0.29, 0.717) is 29.5 Å². The van der Waals surface area contributed by atoms with Crippen molar-refractivity contribution >= 4 is 27.4 Å². The summed E-state index contributed by atoms with van der Waals surface area (Å²) in [6.07, 6.45) is 1.60. The molecule has 6 nitrogen and oxygen atoms in total. The monoisotopic (exact) mass is 411 g/mol. The number of ether oxygens (including phenoxy) is 1. The Hall–Kier alpha value is -1.61. The average molecular weight is 412 g/mol. The van der Waals surface area contributed by atoms with Crippen LogP contribution >= 0.6 is 11.6 Å². The van der Waals surface area contributed by atoms with Gasteiger partial charge in [-0.15, -0.1) is 0 Å². The molecule has 26 heavy (non-hydrogen) atoms. The molecule has 2 N–H and O–H groups in total. The van der Waals surface area contributed by atoms with Crippen molar-refractivity contribution in [1.82, 2.24) is 10.6 Å². The summed E-state index contributed by atoms with van der Waals surface area (Å²) >= 11 is 5.92. The first-order valence-electron chi connectivity index (χ1n) is 8.06. The summed E-state index contributed by atoms with van der Waals surface area (Å²) in [4.78, 5) is 4.34. The number of alkyl halides is 2. The third kappa shape index (κ3) is 9.19. The Balaban J connectivity index is 2.84. The van der Waals surface area contributed by atoms with Gasteiger partial charge in [0.15, 0.2) is 5.96 Å². The van der Waals surface area contributed by atoms with Crippen LogP contribution in [0.4, 0.5) is 8.78 Å². The second-order valence-corrected chi connectivity index (χ2v) is 8.49. The quantitative estimate of drug-likeness (QED) is 0.482. The minimum atomic E-state index is -3.05. The highest BCUT2D eigenvalue weighted by molar-refractivity contribution is 7.90. The topological polar surface area (TPSA) is 79.8 Å². The molecule has 0 spiro atoms. The molecule has 1 aromatic rings. The van der Waals surface area contributed by atoms with Crippen molar-refractivity contribution in [2.75, 3.05) is 18.6 Å². The first-order chi connectivity index (χ1) is 12.1. The van der Waals surface area contributed by atoms with Gasteiger partial charge in [0.05, 0.1) is 12.3 Å². The molecule has 0 saturated carbocycles. The smallest absolute Gasteiger partial charge is 0.387 e. The van der Waals surface area contributed by atoms with Gasteiger partial charge in [-0.1, -0.05) is 11.6 Å². The third-order valence-electron chi connectivity index (χ3n) is 3.30. The van der Waals surface area contributed by atoms with E-state index in [-0.39, 0.29) is 24.1 Å². The van der Waals surface area contributed by atoms with Gasteiger partial charge in [-0.2, -0.15) is 8.78 Å². The Labute approximate surface area is 157 Å². The van der Waals surface area contributed by atoms with Crippen LogP contribution < -0.4 is 15.4 Å². The van der Waals surface area contributed by atoms with Gasteiger partial charge in [-0.05, 0) is 38.5 Å². The summed E-state index contributed by atoms with van der Waals surface area (Å²) in [6, 6.07) is 4.20. The van der Waals surface area contributed by atoms with Crippen molar-refractivity contribution in [3.05, 3.63) is 28.8 Å². The van der Waals surface area contributed by atoms with Crippen molar-refractivity contribution in [2.24, 2.45) is 4.99 Å². The lowest BCUT2D eigenvalue weighted by Crippen LogP contribution is -2.42. The van der Waals surface area contributed by atoms with E-state index in [1.54, 1.807) is 0 Å². The van der Waals surface area contributed by atoms with Crippen LogP contribution in [0.15, 0.2) is 23.2 Å². The van der Waals surface area contributed by atoms with Crippen LogP contribution in [0.2, 0.25) is 5.02 Å². The van der Waals surface area contributed by atoms with Gasteiger partial charge >= 0.3 is 6.61 Å². The van der Waals surface area contributed by atoms with Crippen molar-refractivity contribution in [2.45, 2.75) is 39.5 Å². The van der Waals surface area contributed by atoms with E-state index in [1.807, 2.05) is 13.8 Å². The van der Waals surface area contributed by atoms with Crippen LogP contribution in [0, 0.1) is 0 Å². The Kier molecular flexibility index (Phi) is 9.07. The van der Waals surface area contributed by atoms with E-state index in [2.05, 4.69) is 20.4 Å². The molecule has 0 aliphatic heterocycles. The van der Waals surface area contributed by atoms with Gasteiger partial charge in [0.25, 0.3) is 0 Å². The normalized spacial score (nSPS) is 13.6. The molecular weight excluding hydrogens is 388 g/mol. The highest BCUT2D eigenvalue weighted by Gasteiger charge is 2.12. The number of nitrogens with one attached hydrogen (secondary N) is 2. The molecule has 0 aromatic heterocycles. The van der Waals surface area contributed by atoms with E-state index in [1.165, 1.54) is 24.5 Å². The molecule has 0 heterocycles. The molecule has 148 valence electrons. The number of sulfone groups is 1. The fraction of sp³-hybridized carbons (Fsp3) is 0.562. The lowest BCUT2D eigenvalue weighted by atomic mass is 10.2. The second kappa shape index (κ2) is 10.5. The summed E-state index contributed by atoms with van der Waals surface area (Å²) in [5, 5.41) is 6.50. The first kappa shape index (κ1) is 22.4. The Bertz CT molecular complexity index is 715. The number of guanidine groups is 1. The number of benzene rings is 1. The molecule has 0 aliphatic rings. The summed E-state index contributed by atoms with van der Waals surface area (Å²) in [5.41, 5.74) is 0.416. The van der Waals surface area contributed by atoms with Crippen LogP contribution in [0.25, 0.3) is 0 Å². The Morgan fingerprint density at radius 3 is 2.65 bits per heavy atom. The number of aliphatic imine (C=N–C) groups is 1. The zero-order valence-corrected chi connectivity index (χ0v) is 16.5. The highest BCUT2D eigenvalue weighted by Crippen LogP contribution is 2.25. The summed E-state index contributed by atoms with van der Waals surface area (Å²) in [6.45, 7) is 1.42. The van der Waals surface area contributed by atoms with Gasteiger partial charge in [0.1, 0.15) is 15.6 Å². The van der Waals surface area contributed by atoms with E-state index in [4.69, 9.17) is 11.6 Å². The van der Waals surface area contributed by atoms with Crippen LogP contribution in [-0.4, -0.2) is 45.6 Å². The van der Waals surface area contributed by atoms with Crippen LogP contribution in [0.1, 0.15) is 25.8 Å². The summed E-state index contributed by atoms with van der Waals surface area (Å²) < 4.78 is 52.0. The molecule has 0 bridgehead atoms. The molecule has 0 amide bonds. The maximum atomic E-state index is 12.5. The molecule has 0 radical (unpaired) electrons. The van der Waals surface area contributed by atoms with Gasteiger partial charge in [0.2, 0.25) is 0 Å². The lowest BCUT2D eigenvalue weighted by Gasteiger charge is -2.18. The number of halogens is 3. The summed E-state index contributed by atoms with van der Waals surface area (Å²) in [7, 11) is -3.05. The van der Waals surface area contributed by atoms with Gasteiger partial charge in [-0.3, -0.25) is 0 Å². The number of rotatable bonds is 9. The van der Waals surface area contributed by atoms with E-state index < -0.39 is 16.4 Å². The third-order valence-corrected chi connectivity index (χ3v) is 4.51. The molecular formula is C16H24ClF2N3O3S. The maximum absolute atomic E-state index is 12.5. The minimum absolute atomic E-state index is 0.00845. The fourth-order valence-corrected chi connectivity index (χ4v) is 3.04. The molecule has 0 aliphatic carbocycles. The van der Waals surface area contributed by atoms with Gasteiger partial charge in [-0.25, -0.2) is 13.4 Å². The van der Waals surface area contributed by atoms with Crippen LogP contribution in [0.3, 0.4) is 0 Å². The number of nitrogens with zero attached hydrogens (tertiary/aromatic N) is 1. The SMILES string of the molecule is CCNC(=NCc1cc(Cl)ccc1OC(F)F)NC(C)CCS(C)(=O)=O.